The van der Waals surface area contributed by atoms with E-state index >= 15 is 0 Å². The first-order chi connectivity index (χ1) is 13.6. The highest BCUT2D eigenvalue weighted by Crippen LogP contribution is 2.65. The van der Waals surface area contributed by atoms with Gasteiger partial charge in [-0.1, -0.05) is 18.6 Å². The molecule has 7 atom stereocenters. The third kappa shape index (κ3) is 3.76. The summed E-state index contributed by atoms with van der Waals surface area (Å²) in [6, 6.07) is 0. The fraction of sp³-hybridized carbons (Fsp3) is 0.875. The Labute approximate surface area is 177 Å². The van der Waals surface area contributed by atoms with E-state index in [1.165, 1.54) is 12.5 Å². The molecule has 0 radical (unpaired) electrons. The van der Waals surface area contributed by atoms with Crippen molar-refractivity contribution in [3.05, 3.63) is 11.6 Å². The maximum Gasteiger partial charge on any atom is 0.302 e. The summed E-state index contributed by atoms with van der Waals surface area (Å²) in [4.78, 5) is 11.8. The number of esters is 1. The average Bonchev–Trinajstić information content (AvgIpc) is 2.94. The van der Waals surface area contributed by atoms with Gasteiger partial charge in [0, 0.05) is 18.4 Å². The van der Waals surface area contributed by atoms with E-state index in [1.54, 1.807) is 0 Å². The number of ether oxygens (including phenoxy) is 1. The Bertz CT molecular complexity index is 683. The summed E-state index contributed by atoms with van der Waals surface area (Å²) in [6.07, 6.45) is 11.2. The Morgan fingerprint density at radius 2 is 1.93 bits per heavy atom. The summed E-state index contributed by atoms with van der Waals surface area (Å²) in [6.45, 7) is 11.2. The Morgan fingerprint density at radius 3 is 2.62 bits per heavy atom. The molecule has 0 spiro atoms. The van der Waals surface area contributed by atoms with Crippen molar-refractivity contribution >= 4 is 14.3 Å². The summed E-state index contributed by atoms with van der Waals surface area (Å²) in [5.74, 6) is 1.61. The normalized spacial score (nSPS) is 44.3. The lowest BCUT2D eigenvalue weighted by Gasteiger charge is -2.58. The van der Waals surface area contributed by atoms with E-state index in [4.69, 9.17) is 9.16 Å². The van der Waals surface area contributed by atoms with Crippen LogP contribution < -0.4 is 0 Å². The van der Waals surface area contributed by atoms with Gasteiger partial charge in [0.05, 0.1) is 6.10 Å². The van der Waals surface area contributed by atoms with Gasteiger partial charge < -0.3 is 14.3 Å². The number of fused-ring (bicyclic) bond motifs is 5. The number of carbonyl (C=O) groups is 1. The third-order valence-corrected chi connectivity index (χ3v) is 9.83. The van der Waals surface area contributed by atoms with Crippen LogP contribution >= 0.6 is 0 Å². The molecule has 3 saturated carbocycles. The van der Waals surface area contributed by atoms with Crippen molar-refractivity contribution < 1.29 is 19.1 Å². The van der Waals surface area contributed by atoms with Crippen LogP contribution in [0.2, 0.25) is 19.6 Å². The van der Waals surface area contributed by atoms with Crippen molar-refractivity contribution in [1.82, 2.24) is 0 Å². The van der Waals surface area contributed by atoms with Gasteiger partial charge in [0.15, 0.2) is 8.32 Å². The lowest BCUT2D eigenvalue weighted by Crippen LogP contribution is -2.54. The fourth-order valence-corrected chi connectivity index (χ4v) is 8.70. The van der Waals surface area contributed by atoms with Crippen molar-refractivity contribution in [2.75, 3.05) is 6.61 Å². The van der Waals surface area contributed by atoms with Gasteiger partial charge in [0.25, 0.3) is 0 Å². The topological polar surface area (TPSA) is 55.8 Å². The molecule has 5 heteroatoms. The van der Waals surface area contributed by atoms with Gasteiger partial charge >= 0.3 is 5.97 Å². The van der Waals surface area contributed by atoms with Crippen LogP contribution in [-0.4, -0.2) is 38.2 Å². The van der Waals surface area contributed by atoms with Gasteiger partial charge in [0.1, 0.15) is 6.61 Å². The molecule has 4 aliphatic carbocycles. The van der Waals surface area contributed by atoms with E-state index in [1.807, 2.05) is 0 Å². The van der Waals surface area contributed by atoms with Gasteiger partial charge in [-0.05, 0) is 94.2 Å². The van der Waals surface area contributed by atoms with Crippen LogP contribution in [0.25, 0.3) is 0 Å². The van der Waals surface area contributed by atoms with Gasteiger partial charge in [-0.25, -0.2) is 0 Å². The summed E-state index contributed by atoms with van der Waals surface area (Å²) in [5, 5.41) is 10.7. The van der Waals surface area contributed by atoms with Crippen LogP contribution in [0.3, 0.4) is 0 Å². The molecule has 4 nitrogen and oxygen atoms in total. The number of allylic oxidation sites excluding steroid dienone is 1. The summed E-state index contributed by atoms with van der Waals surface area (Å²) >= 11 is 0. The molecule has 0 aromatic heterocycles. The van der Waals surface area contributed by atoms with Crippen LogP contribution in [0, 0.1) is 28.6 Å². The largest absolute Gasteiger partial charge is 0.465 e. The molecule has 4 rings (SSSR count). The van der Waals surface area contributed by atoms with E-state index in [0.717, 1.165) is 51.4 Å². The first-order valence-electron chi connectivity index (χ1n) is 11.7. The number of hydrogen-bond acceptors (Lipinski definition) is 4. The van der Waals surface area contributed by atoms with Crippen molar-refractivity contribution in [2.24, 2.45) is 28.6 Å². The van der Waals surface area contributed by atoms with Gasteiger partial charge in [-0.3, -0.25) is 4.79 Å². The molecular weight excluding hydrogens is 380 g/mol. The van der Waals surface area contributed by atoms with E-state index < -0.39 is 8.32 Å². The van der Waals surface area contributed by atoms with Gasteiger partial charge in [-0.15, -0.1) is 0 Å². The molecule has 2 unspecified atom stereocenters. The summed E-state index contributed by atoms with van der Waals surface area (Å²) < 4.78 is 12.2. The van der Waals surface area contributed by atoms with E-state index in [2.05, 4.69) is 32.6 Å². The SMILES string of the molecule is CC(=O)OC[C@]12CCC(O[Si](C)(C)C)CC1=CC[C@@H]1[C@H]2CC[C@]2(C)C(O)CC[C@@H]12. The van der Waals surface area contributed by atoms with Gasteiger partial charge in [0.2, 0.25) is 0 Å². The molecule has 1 N–H and O–H groups in total. The highest BCUT2D eigenvalue weighted by atomic mass is 28.4. The van der Waals surface area contributed by atoms with Crippen molar-refractivity contribution in [3.63, 3.8) is 0 Å². The monoisotopic (exact) mass is 420 g/mol. The molecular formula is C24H40O4Si. The lowest BCUT2D eigenvalue weighted by molar-refractivity contribution is -0.150. The predicted octanol–water partition coefficient (Wildman–Crippen LogP) is 5.07. The highest BCUT2D eigenvalue weighted by Gasteiger charge is 2.60. The Balaban J connectivity index is 1.63. The van der Waals surface area contributed by atoms with Crippen LogP contribution in [0.4, 0.5) is 0 Å². The molecule has 0 amide bonds. The predicted molar refractivity (Wildman–Crippen MR) is 117 cm³/mol. The lowest BCUT2D eigenvalue weighted by atomic mass is 9.47. The molecule has 3 fully saturated rings. The second kappa shape index (κ2) is 7.49. The molecule has 0 bridgehead atoms. The maximum atomic E-state index is 11.8. The van der Waals surface area contributed by atoms with Crippen molar-refractivity contribution in [3.8, 4) is 0 Å². The standard InChI is InChI=1S/C24H40O4Si/c1-16(25)27-15-24-13-10-18(28-29(3,4)5)14-17(24)6-7-19-20-8-9-22(26)23(20,2)12-11-21(19)24/h6,18-22,26H,7-15H2,1-5H3/t18?,19-,20-,21+,22?,23-,24+/m0/s1. The maximum absolute atomic E-state index is 11.8. The fourth-order valence-electron chi connectivity index (χ4n) is 7.50. The quantitative estimate of drug-likeness (QED) is 0.392. The molecule has 4 aliphatic rings. The number of rotatable bonds is 4. The zero-order valence-corrected chi connectivity index (χ0v) is 20.0. The number of aliphatic hydroxyl groups is 1. The Hall–Kier alpha value is -0.653. The van der Waals surface area contributed by atoms with E-state index in [-0.39, 0.29) is 22.9 Å². The average molecular weight is 421 g/mol. The zero-order valence-electron chi connectivity index (χ0n) is 19.0. The van der Waals surface area contributed by atoms with Crippen LogP contribution in [0.5, 0.6) is 0 Å². The Kier molecular flexibility index (Phi) is 5.57. The van der Waals surface area contributed by atoms with Crippen molar-refractivity contribution in [2.45, 2.75) is 97.1 Å². The molecule has 0 aromatic carbocycles. The first-order valence-corrected chi connectivity index (χ1v) is 15.1. The van der Waals surface area contributed by atoms with E-state index in [0.29, 0.717) is 30.5 Å². The van der Waals surface area contributed by atoms with Crippen LogP contribution in [0.15, 0.2) is 11.6 Å². The van der Waals surface area contributed by atoms with Crippen LogP contribution in [-0.2, 0) is 14.0 Å². The van der Waals surface area contributed by atoms with E-state index in [9.17, 15) is 9.90 Å². The molecule has 0 aliphatic heterocycles. The molecule has 0 aromatic rings. The second-order valence-corrected chi connectivity index (χ2v) is 16.0. The first kappa shape index (κ1) is 21.6. The third-order valence-electron chi connectivity index (χ3n) is 8.79. The molecule has 29 heavy (non-hydrogen) atoms. The smallest absolute Gasteiger partial charge is 0.302 e. The zero-order chi connectivity index (χ0) is 21.0. The second-order valence-electron chi connectivity index (χ2n) is 11.5. The highest BCUT2D eigenvalue weighted by molar-refractivity contribution is 6.69. The molecule has 0 heterocycles. The molecule has 0 saturated heterocycles. The van der Waals surface area contributed by atoms with Gasteiger partial charge in [-0.2, -0.15) is 0 Å². The number of carbonyl (C=O) groups excluding carboxylic acids is 1. The number of aliphatic hydroxyl groups excluding tert-OH is 1. The van der Waals surface area contributed by atoms with Crippen molar-refractivity contribution in [1.29, 1.82) is 0 Å². The minimum atomic E-state index is -1.57. The molecule has 164 valence electrons. The Morgan fingerprint density at radius 1 is 1.17 bits per heavy atom. The minimum Gasteiger partial charge on any atom is -0.465 e. The van der Waals surface area contributed by atoms with Crippen LogP contribution in [0.1, 0.15) is 65.2 Å². The summed E-state index contributed by atoms with van der Waals surface area (Å²) in [5.41, 5.74) is 1.56. The minimum absolute atomic E-state index is 0.0112. The number of hydrogen-bond donors (Lipinski definition) is 1. The summed E-state index contributed by atoms with van der Waals surface area (Å²) in [7, 11) is -1.57.